The molecule has 2 fully saturated rings. The van der Waals surface area contributed by atoms with Crippen LogP contribution in [0, 0.1) is 12.8 Å². The molecule has 21 heavy (non-hydrogen) atoms. The van der Waals surface area contributed by atoms with E-state index in [9.17, 15) is 9.90 Å². The summed E-state index contributed by atoms with van der Waals surface area (Å²) in [5.74, 6) is 0.878. The average molecular weight is 309 g/mol. The van der Waals surface area contributed by atoms with E-state index >= 15 is 0 Å². The van der Waals surface area contributed by atoms with Gasteiger partial charge in [-0.25, -0.2) is 4.98 Å². The first kappa shape index (κ1) is 14.9. The van der Waals surface area contributed by atoms with Crippen molar-refractivity contribution in [2.75, 3.05) is 32.8 Å². The lowest BCUT2D eigenvalue weighted by Crippen LogP contribution is -2.55. The molecule has 0 bridgehead atoms. The Morgan fingerprint density at radius 2 is 2.29 bits per heavy atom. The topological polar surface area (TPSA) is 56.7 Å². The van der Waals surface area contributed by atoms with Crippen LogP contribution < -0.4 is 0 Å². The van der Waals surface area contributed by atoms with Crippen LogP contribution in [0.3, 0.4) is 0 Å². The number of nitrogens with zero attached hydrogens (tertiary/aromatic N) is 3. The summed E-state index contributed by atoms with van der Waals surface area (Å²) in [6, 6.07) is 0.285. The Balaban J connectivity index is 1.63. The van der Waals surface area contributed by atoms with Crippen molar-refractivity contribution in [3.63, 3.8) is 0 Å². The Kier molecular flexibility index (Phi) is 4.57. The van der Waals surface area contributed by atoms with Crippen LogP contribution >= 0.6 is 11.3 Å². The maximum absolute atomic E-state index is 12.5. The van der Waals surface area contributed by atoms with Gasteiger partial charge in [-0.3, -0.25) is 9.69 Å². The van der Waals surface area contributed by atoms with E-state index in [-0.39, 0.29) is 18.6 Å². The van der Waals surface area contributed by atoms with Gasteiger partial charge < -0.3 is 10.0 Å². The molecular formula is C15H23N3O2S. The van der Waals surface area contributed by atoms with Gasteiger partial charge in [-0.1, -0.05) is 0 Å². The van der Waals surface area contributed by atoms with Crippen molar-refractivity contribution in [2.24, 2.45) is 5.92 Å². The maximum atomic E-state index is 12.5. The second kappa shape index (κ2) is 6.42. The van der Waals surface area contributed by atoms with Gasteiger partial charge in [0.1, 0.15) is 5.69 Å². The predicted octanol–water partition coefficient (Wildman–Crippen LogP) is 1.37. The highest BCUT2D eigenvalue weighted by molar-refractivity contribution is 7.09. The van der Waals surface area contributed by atoms with Crippen LogP contribution in [-0.4, -0.2) is 64.6 Å². The zero-order chi connectivity index (χ0) is 14.8. The van der Waals surface area contributed by atoms with Gasteiger partial charge >= 0.3 is 0 Å². The van der Waals surface area contributed by atoms with E-state index in [0.717, 1.165) is 37.0 Å². The first-order valence-electron chi connectivity index (χ1n) is 7.73. The molecule has 1 atom stereocenters. The van der Waals surface area contributed by atoms with E-state index in [1.165, 1.54) is 24.2 Å². The van der Waals surface area contributed by atoms with Crippen molar-refractivity contribution in [2.45, 2.75) is 32.2 Å². The third kappa shape index (κ3) is 3.62. The number of hydrogen-bond acceptors (Lipinski definition) is 5. The molecule has 0 spiro atoms. The van der Waals surface area contributed by atoms with Gasteiger partial charge in [0.25, 0.3) is 5.91 Å². The lowest BCUT2D eigenvalue weighted by atomic mass is 10.1. The van der Waals surface area contributed by atoms with Crippen molar-refractivity contribution in [3.05, 3.63) is 16.1 Å². The number of carbonyl (C=O) groups excluding carboxylic acids is 1. The molecular weight excluding hydrogens is 286 g/mol. The zero-order valence-corrected chi connectivity index (χ0v) is 13.3. The highest BCUT2D eigenvalue weighted by Gasteiger charge is 2.33. The van der Waals surface area contributed by atoms with Crippen LogP contribution in [0.1, 0.15) is 34.8 Å². The van der Waals surface area contributed by atoms with Crippen molar-refractivity contribution in [1.82, 2.24) is 14.8 Å². The standard InChI is InChI=1S/C15H23N3O2S/c1-11-16-14(10-21-11)15(20)18-6-5-17(8-12-2-3-12)13(9-18)4-7-19/h10,12-13,19H,2-9H2,1H3/t13-/m1/s1. The number of aromatic nitrogens is 1. The minimum absolute atomic E-state index is 0.0355. The molecule has 116 valence electrons. The summed E-state index contributed by atoms with van der Waals surface area (Å²) in [4.78, 5) is 21.2. The second-order valence-electron chi connectivity index (χ2n) is 6.11. The number of rotatable bonds is 5. The van der Waals surface area contributed by atoms with E-state index in [1.54, 1.807) is 0 Å². The Labute approximate surface area is 129 Å². The van der Waals surface area contributed by atoms with Crippen LogP contribution in [-0.2, 0) is 0 Å². The van der Waals surface area contributed by atoms with E-state index in [0.29, 0.717) is 12.2 Å². The number of amides is 1. The van der Waals surface area contributed by atoms with Gasteiger partial charge in [0.15, 0.2) is 0 Å². The van der Waals surface area contributed by atoms with Gasteiger partial charge in [-0.05, 0) is 32.1 Å². The summed E-state index contributed by atoms with van der Waals surface area (Å²) >= 11 is 1.52. The molecule has 0 aromatic carbocycles. The molecule has 1 aromatic heterocycles. The second-order valence-corrected chi connectivity index (χ2v) is 7.17. The van der Waals surface area contributed by atoms with Crippen LogP contribution in [0.15, 0.2) is 5.38 Å². The van der Waals surface area contributed by atoms with E-state index < -0.39 is 0 Å². The molecule has 1 aliphatic carbocycles. The molecule has 5 nitrogen and oxygen atoms in total. The van der Waals surface area contributed by atoms with Crippen LogP contribution in [0.25, 0.3) is 0 Å². The monoisotopic (exact) mass is 309 g/mol. The number of thiazole rings is 1. The lowest BCUT2D eigenvalue weighted by molar-refractivity contribution is 0.0403. The minimum Gasteiger partial charge on any atom is -0.396 e. The number of carbonyl (C=O) groups is 1. The zero-order valence-electron chi connectivity index (χ0n) is 12.5. The SMILES string of the molecule is Cc1nc(C(=O)N2CCN(CC3CC3)[C@H](CCO)C2)cs1. The Bertz CT molecular complexity index is 501. The Morgan fingerprint density at radius 3 is 2.90 bits per heavy atom. The molecule has 0 unspecified atom stereocenters. The molecule has 1 saturated heterocycles. The van der Waals surface area contributed by atoms with E-state index in [1.807, 2.05) is 17.2 Å². The summed E-state index contributed by atoms with van der Waals surface area (Å²) in [7, 11) is 0. The quantitative estimate of drug-likeness (QED) is 0.892. The average Bonchev–Trinajstić information content (AvgIpc) is 3.19. The Morgan fingerprint density at radius 1 is 1.48 bits per heavy atom. The van der Waals surface area contributed by atoms with Crippen LogP contribution in [0.2, 0.25) is 0 Å². The fourth-order valence-electron chi connectivity index (χ4n) is 3.00. The first-order chi connectivity index (χ1) is 10.2. The predicted molar refractivity (Wildman–Crippen MR) is 82.5 cm³/mol. The third-order valence-corrected chi connectivity index (χ3v) is 5.16. The smallest absolute Gasteiger partial charge is 0.273 e. The third-order valence-electron chi connectivity index (χ3n) is 4.38. The molecule has 2 heterocycles. The van der Waals surface area contributed by atoms with Crippen molar-refractivity contribution in [1.29, 1.82) is 0 Å². The molecule has 0 radical (unpaired) electrons. The summed E-state index contributed by atoms with van der Waals surface area (Å²) in [5.41, 5.74) is 0.566. The van der Waals surface area contributed by atoms with Crippen molar-refractivity contribution >= 4 is 17.2 Å². The van der Waals surface area contributed by atoms with Gasteiger partial charge in [-0.15, -0.1) is 11.3 Å². The number of piperazine rings is 1. The Hall–Kier alpha value is -0.980. The van der Waals surface area contributed by atoms with Gasteiger partial charge in [0.05, 0.1) is 5.01 Å². The molecule has 1 aromatic rings. The fraction of sp³-hybridized carbons (Fsp3) is 0.733. The number of hydrogen-bond donors (Lipinski definition) is 1. The van der Waals surface area contributed by atoms with Crippen LogP contribution in [0.4, 0.5) is 0 Å². The van der Waals surface area contributed by atoms with Gasteiger partial charge in [-0.2, -0.15) is 0 Å². The number of aliphatic hydroxyl groups excluding tert-OH is 1. The summed E-state index contributed by atoms with van der Waals surface area (Å²) in [6.45, 7) is 5.62. The molecule has 1 aliphatic heterocycles. The molecule has 3 rings (SSSR count). The van der Waals surface area contributed by atoms with Crippen molar-refractivity contribution in [3.8, 4) is 0 Å². The van der Waals surface area contributed by atoms with Gasteiger partial charge in [0.2, 0.25) is 0 Å². The largest absolute Gasteiger partial charge is 0.396 e. The van der Waals surface area contributed by atoms with E-state index in [2.05, 4.69) is 9.88 Å². The molecule has 6 heteroatoms. The van der Waals surface area contributed by atoms with Crippen molar-refractivity contribution < 1.29 is 9.90 Å². The number of aryl methyl sites for hydroxylation is 1. The maximum Gasteiger partial charge on any atom is 0.273 e. The highest BCUT2D eigenvalue weighted by atomic mass is 32.1. The van der Waals surface area contributed by atoms with E-state index in [4.69, 9.17) is 0 Å². The molecule has 1 N–H and O–H groups in total. The summed E-state index contributed by atoms with van der Waals surface area (Å²) < 4.78 is 0. The van der Waals surface area contributed by atoms with Gasteiger partial charge in [0, 0.05) is 44.2 Å². The molecule has 1 saturated carbocycles. The fourth-order valence-corrected chi connectivity index (χ4v) is 3.58. The first-order valence-corrected chi connectivity index (χ1v) is 8.61. The molecule has 1 amide bonds. The minimum atomic E-state index is 0.0355. The summed E-state index contributed by atoms with van der Waals surface area (Å²) in [5, 5.41) is 12.1. The molecule has 2 aliphatic rings. The lowest BCUT2D eigenvalue weighted by Gasteiger charge is -2.41. The normalized spacial score (nSPS) is 23.5. The van der Waals surface area contributed by atoms with Crippen LogP contribution in [0.5, 0.6) is 0 Å². The summed E-state index contributed by atoms with van der Waals surface area (Å²) in [6.07, 6.45) is 3.42. The highest BCUT2D eigenvalue weighted by Crippen LogP contribution is 2.31. The number of aliphatic hydroxyl groups is 1.